The van der Waals surface area contributed by atoms with Gasteiger partial charge in [0.05, 0.1) is 0 Å². The van der Waals surface area contributed by atoms with Crippen molar-refractivity contribution >= 4 is 25.5 Å². The monoisotopic (exact) mass is 157 g/mol. The third-order valence-electron chi connectivity index (χ3n) is 0.324. The van der Waals surface area contributed by atoms with Gasteiger partial charge < -0.3 is 14.5 Å². The molecule has 0 aromatic carbocycles. The summed E-state index contributed by atoms with van der Waals surface area (Å²) in [6, 6.07) is 0. The molecule has 1 aromatic heterocycles. The minimum absolute atomic E-state index is 0. The first-order valence-corrected chi connectivity index (χ1v) is 4.19. The van der Waals surface area contributed by atoms with Crippen LogP contribution in [0.2, 0.25) is 0 Å². The molecule has 4 nitrogen and oxygen atoms in total. The Bertz CT molecular complexity index is 82.1. The van der Waals surface area contributed by atoms with Gasteiger partial charge in [-0.2, -0.15) is 4.51 Å². The molecule has 0 saturated carbocycles. The van der Waals surface area contributed by atoms with E-state index in [2.05, 4.69) is 13.5 Å². The first kappa shape index (κ1) is 7.26. The second-order valence-electron chi connectivity index (χ2n) is 0.674. The standard InChI is InChI=1S/H4N3P3.H2O/c1-4-2-6-3-5-1;/h1,4-5H,(H,2,3);1H2. The van der Waals surface area contributed by atoms with E-state index in [4.69, 9.17) is 0 Å². The number of nitrogens with zero attached hydrogens (tertiary/aromatic N) is 1. The smallest absolute Gasteiger partial charge is 0.138 e. The quantitative estimate of drug-likeness (QED) is 0.570. The molecule has 42 valence electrons. The van der Waals surface area contributed by atoms with Crippen molar-refractivity contribution in [3.05, 3.63) is 0 Å². The van der Waals surface area contributed by atoms with Crippen LogP contribution in [0.1, 0.15) is 0 Å². The van der Waals surface area contributed by atoms with Gasteiger partial charge in [-0.25, -0.2) is 0 Å². The zero-order chi connectivity index (χ0) is 4.24. The van der Waals surface area contributed by atoms with E-state index in [9.17, 15) is 0 Å². The number of H-pyrrole nitrogens is 2. The molecule has 7 heavy (non-hydrogen) atoms. The summed E-state index contributed by atoms with van der Waals surface area (Å²) in [4.78, 5) is 0. The summed E-state index contributed by atoms with van der Waals surface area (Å²) in [6.45, 7) is 0. The van der Waals surface area contributed by atoms with Crippen LogP contribution in [0.25, 0.3) is 0 Å². The molecule has 1 aromatic rings. The zero-order valence-electron chi connectivity index (χ0n) is 3.39. The molecule has 1 heterocycles. The number of aromatic amines is 2. The Labute approximate surface area is 45.4 Å². The molecule has 0 bridgehead atoms. The number of rotatable bonds is 0. The summed E-state index contributed by atoms with van der Waals surface area (Å²) in [5.41, 5.74) is 0. The molecular formula is H6N3OP3. The predicted molar refractivity (Wildman–Crippen MR) is 35.7 cm³/mol. The molecule has 2 atom stereocenters. The van der Waals surface area contributed by atoms with E-state index in [1.54, 1.807) is 0 Å². The van der Waals surface area contributed by atoms with Crippen LogP contribution in [-0.2, 0) is 0 Å². The third kappa shape index (κ3) is 2.90. The third-order valence-corrected chi connectivity index (χ3v) is 2.92. The van der Waals surface area contributed by atoms with Gasteiger partial charge in [0.15, 0.2) is 0 Å². The molecule has 0 spiro atoms. The minimum atomic E-state index is 0. The molecular weight excluding hydrogens is 151 g/mol. The Balaban J connectivity index is 0.000000360. The second kappa shape index (κ2) is 4.42. The van der Waals surface area contributed by atoms with Crippen LogP contribution < -0.4 is 0 Å². The van der Waals surface area contributed by atoms with Gasteiger partial charge in [-0.05, 0) is 0 Å². The highest BCUT2D eigenvalue weighted by molar-refractivity contribution is 7.43. The number of hydrogen-bond acceptors (Lipinski definition) is 1. The van der Waals surface area contributed by atoms with Crippen LogP contribution in [0, 0.1) is 0 Å². The second-order valence-corrected chi connectivity index (χ2v) is 4.04. The molecule has 0 aliphatic carbocycles. The van der Waals surface area contributed by atoms with Crippen LogP contribution in [0.5, 0.6) is 0 Å². The molecule has 1 rings (SSSR count). The van der Waals surface area contributed by atoms with E-state index in [0.29, 0.717) is 17.0 Å². The highest BCUT2D eigenvalue weighted by Crippen LogP contribution is 2.01. The topological polar surface area (TPSA) is 76.0 Å². The molecule has 0 radical (unpaired) electrons. The fraction of sp³-hybridized carbons (Fsp3) is 0. The maximum Gasteiger partial charge on any atom is 0.138 e. The number of aromatic nitrogens is 3. The Morgan fingerprint density at radius 2 is 2.43 bits per heavy atom. The van der Waals surface area contributed by atoms with E-state index in [1.165, 1.54) is 0 Å². The largest absolute Gasteiger partial charge is 0.412 e. The first-order chi connectivity index (χ1) is 3.00. The van der Waals surface area contributed by atoms with Crippen molar-refractivity contribution in [1.82, 2.24) is 13.5 Å². The van der Waals surface area contributed by atoms with Gasteiger partial charge in [-0.1, -0.05) is 0 Å². The average molecular weight is 157 g/mol. The van der Waals surface area contributed by atoms with E-state index >= 15 is 0 Å². The normalized spacial score (nSPS) is 10.3. The molecule has 0 amide bonds. The summed E-state index contributed by atoms with van der Waals surface area (Å²) in [5.74, 6) is 0. The molecule has 0 aliphatic rings. The van der Waals surface area contributed by atoms with E-state index in [0.717, 1.165) is 8.51 Å². The molecule has 2 unspecified atom stereocenters. The van der Waals surface area contributed by atoms with Crippen LogP contribution >= 0.6 is 25.5 Å². The van der Waals surface area contributed by atoms with Gasteiger partial charge in [0.2, 0.25) is 0 Å². The maximum atomic E-state index is 3.96. The van der Waals surface area contributed by atoms with Crippen molar-refractivity contribution in [1.29, 1.82) is 0 Å². The lowest BCUT2D eigenvalue weighted by Gasteiger charge is -1.75. The van der Waals surface area contributed by atoms with Gasteiger partial charge in [-0.15, -0.1) is 0 Å². The summed E-state index contributed by atoms with van der Waals surface area (Å²) in [5, 5.41) is 0. The van der Waals surface area contributed by atoms with Crippen molar-refractivity contribution in [3.63, 3.8) is 0 Å². The molecule has 0 fully saturated rings. The zero-order valence-corrected chi connectivity index (χ0v) is 6.29. The lowest BCUT2D eigenvalue weighted by Crippen LogP contribution is -1.47. The summed E-state index contributed by atoms with van der Waals surface area (Å²) >= 11 is 0. The molecule has 4 N–H and O–H groups in total. The summed E-state index contributed by atoms with van der Waals surface area (Å²) < 4.78 is 10.0. The Morgan fingerprint density at radius 3 is 2.57 bits per heavy atom. The summed E-state index contributed by atoms with van der Waals surface area (Å²) in [7, 11) is 2.36. The molecule has 7 heteroatoms. The van der Waals surface area contributed by atoms with Gasteiger partial charge in [-0.3, -0.25) is 0 Å². The summed E-state index contributed by atoms with van der Waals surface area (Å²) in [6.07, 6.45) is 0. The van der Waals surface area contributed by atoms with Crippen molar-refractivity contribution in [2.45, 2.75) is 0 Å². The Kier molecular flexibility index (Phi) is 4.58. The fourth-order valence-electron chi connectivity index (χ4n) is 0.156. The SMILES string of the molecule is O.n1p[nH][pH][nH][pH]1. The van der Waals surface area contributed by atoms with Crippen LogP contribution in [0.4, 0.5) is 0 Å². The Morgan fingerprint density at radius 1 is 1.57 bits per heavy atom. The van der Waals surface area contributed by atoms with E-state index in [1.807, 2.05) is 0 Å². The predicted octanol–water partition coefficient (Wildman–Crippen LogP) is 0.680. The van der Waals surface area contributed by atoms with E-state index in [-0.39, 0.29) is 5.48 Å². The van der Waals surface area contributed by atoms with Crippen molar-refractivity contribution in [3.8, 4) is 0 Å². The van der Waals surface area contributed by atoms with Gasteiger partial charge in [0.25, 0.3) is 0 Å². The van der Waals surface area contributed by atoms with Gasteiger partial charge in [0, 0.05) is 17.0 Å². The van der Waals surface area contributed by atoms with Crippen molar-refractivity contribution in [2.24, 2.45) is 0 Å². The van der Waals surface area contributed by atoms with Crippen molar-refractivity contribution in [2.75, 3.05) is 0 Å². The minimum Gasteiger partial charge on any atom is -0.412 e. The van der Waals surface area contributed by atoms with Crippen LogP contribution in [0.15, 0.2) is 0 Å². The van der Waals surface area contributed by atoms with Gasteiger partial charge >= 0.3 is 0 Å². The Hall–Kier alpha value is 0.260. The highest BCUT2D eigenvalue weighted by Gasteiger charge is 1.55. The number of hydrogen-bond donors (Lipinski definition) is 2. The lowest BCUT2D eigenvalue weighted by molar-refractivity contribution is 0.824. The first-order valence-electron chi connectivity index (χ1n) is 1.40. The van der Waals surface area contributed by atoms with Gasteiger partial charge in [0.1, 0.15) is 8.51 Å². The fourth-order valence-corrected chi connectivity index (χ4v) is 2.81. The van der Waals surface area contributed by atoms with Crippen LogP contribution in [-0.4, -0.2) is 19.0 Å². The maximum absolute atomic E-state index is 3.96. The van der Waals surface area contributed by atoms with Crippen molar-refractivity contribution < 1.29 is 5.48 Å². The van der Waals surface area contributed by atoms with E-state index < -0.39 is 0 Å². The van der Waals surface area contributed by atoms with Crippen LogP contribution in [0.3, 0.4) is 0 Å². The lowest BCUT2D eigenvalue weighted by atomic mass is 13.9. The molecule has 0 saturated heterocycles. The molecule has 0 aliphatic heterocycles. The average Bonchev–Trinajstić information content (AvgIpc) is 1.72. The highest BCUT2D eigenvalue weighted by atomic mass is 31.1. The number of nitrogens with one attached hydrogen (secondary N) is 2.